The van der Waals surface area contributed by atoms with Crippen LogP contribution in [0.4, 0.5) is 0 Å². The van der Waals surface area contributed by atoms with Crippen molar-refractivity contribution < 1.29 is 21.9 Å². The lowest BCUT2D eigenvalue weighted by Gasteiger charge is -2.43. The van der Waals surface area contributed by atoms with Crippen molar-refractivity contribution in [3.05, 3.63) is 12.2 Å². The van der Waals surface area contributed by atoms with Gasteiger partial charge in [0.1, 0.15) is 0 Å². The predicted octanol–water partition coefficient (Wildman–Crippen LogP) is 7.33. The summed E-state index contributed by atoms with van der Waals surface area (Å²) in [7, 11) is -8.29. The van der Waals surface area contributed by atoms with E-state index < -0.39 is 33.8 Å². The standard InChI is InChI=1S/C22H50O5Si4/c1-12-13-14-16-19-30(10,25-28(4,5)6)27-31(11,26-29(7,8)9)20-17-15-18-24-22(23)21(2)3/h2,12-20H2,1,3-11H3. The number of unbranched alkanes of at least 4 members (excludes halogenated alkanes) is 4. The maximum Gasteiger partial charge on any atom is 0.333 e. The summed E-state index contributed by atoms with van der Waals surface area (Å²) in [6.45, 7) is 25.9. The fourth-order valence-corrected chi connectivity index (χ4v) is 22.2. The minimum Gasteiger partial charge on any atom is -0.462 e. The van der Waals surface area contributed by atoms with Crippen LogP contribution in [0.15, 0.2) is 12.2 Å². The summed E-state index contributed by atoms with van der Waals surface area (Å²) in [6.07, 6.45) is 6.62. The van der Waals surface area contributed by atoms with Crippen LogP contribution in [-0.2, 0) is 21.9 Å². The first kappa shape index (κ1) is 31.0. The van der Waals surface area contributed by atoms with Gasteiger partial charge in [-0.15, -0.1) is 0 Å². The largest absolute Gasteiger partial charge is 0.462 e. The number of carbonyl (C=O) groups excluding carboxylic acids is 1. The Morgan fingerprint density at radius 1 is 0.710 bits per heavy atom. The minimum atomic E-state index is -2.42. The Bertz CT molecular complexity index is 559. The Balaban J connectivity index is 5.23. The molecular weight excluding hydrogens is 457 g/mol. The summed E-state index contributed by atoms with van der Waals surface area (Å²) < 4.78 is 25.7. The Labute approximate surface area is 197 Å². The molecule has 0 aliphatic carbocycles. The second-order valence-electron chi connectivity index (χ2n) is 11.0. The van der Waals surface area contributed by atoms with Gasteiger partial charge in [-0.3, -0.25) is 0 Å². The first-order chi connectivity index (χ1) is 14.0. The van der Waals surface area contributed by atoms with Gasteiger partial charge in [0, 0.05) is 5.57 Å². The van der Waals surface area contributed by atoms with Crippen LogP contribution in [-0.4, -0.2) is 46.3 Å². The van der Waals surface area contributed by atoms with Crippen LogP contribution < -0.4 is 0 Å². The van der Waals surface area contributed by atoms with E-state index >= 15 is 0 Å². The van der Waals surface area contributed by atoms with E-state index in [0.717, 1.165) is 31.4 Å². The van der Waals surface area contributed by atoms with E-state index in [2.05, 4.69) is 65.9 Å². The molecule has 184 valence electrons. The van der Waals surface area contributed by atoms with Crippen LogP contribution in [0.1, 0.15) is 52.4 Å². The Morgan fingerprint density at radius 3 is 1.55 bits per heavy atom. The van der Waals surface area contributed by atoms with E-state index in [4.69, 9.17) is 17.1 Å². The van der Waals surface area contributed by atoms with Gasteiger partial charge in [0.25, 0.3) is 0 Å². The van der Waals surface area contributed by atoms with Gasteiger partial charge in [0.15, 0.2) is 16.6 Å². The zero-order valence-corrected chi connectivity index (χ0v) is 26.1. The highest BCUT2D eigenvalue weighted by atomic mass is 28.5. The summed E-state index contributed by atoms with van der Waals surface area (Å²) in [4.78, 5) is 11.6. The van der Waals surface area contributed by atoms with Crippen LogP contribution in [0, 0.1) is 0 Å². The highest BCUT2D eigenvalue weighted by Crippen LogP contribution is 2.31. The molecule has 31 heavy (non-hydrogen) atoms. The summed E-state index contributed by atoms with van der Waals surface area (Å²) in [6, 6.07) is 1.93. The maximum atomic E-state index is 11.6. The molecule has 2 atom stereocenters. The smallest absolute Gasteiger partial charge is 0.333 e. The second kappa shape index (κ2) is 13.6. The number of rotatable bonds is 17. The van der Waals surface area contributed by atoms with Gasteiger partial charge in [-0.25, -0.2) is 4.79 Å². The molecule has 0 radical (unpaired) electrons. The zero-order valence-electron chi connectivity index (χ0n) is 22.1. The molecular formula is C22H50O5Si4. The third-order valence-electron chi connectivity index (χ3n) is 4.57. The normalized spacial score (nSPS) is 16.5. The molecule has 0 saturated heterocycles. The number of hydrogen-bond donors (Lipinski definition) is 0. The molecule has 0 spiro atoms. The molecule has 0 aromatic carbocycles. The van der Waals surface area contributed by atoms with E-state index in [-0.39, 0.29) is 5.97 Å². The van der Waals surface area contributed by atoms with Gasteiger partial charge in [-0.05, 0) is 84.2 Å². The van der Waals surface area contributed by atoms with E-state index in [1.54, 1.807) is 6.92 Å². The molecule has 0 bridgehead atoms. The number of esters is 1. The van der Waals surface area contributed by atoms with Crippen LogP contribution >= 0.6 is 0 Å². The van der Waals surface area contributed by atoms with Gasteiger partial charge in [0.2, 0.25) is 0 Å². The first-order valence-corrected chi connectivity index (χ1v) is 23.8. The van der Waals surface area contributed by atoms with E-state index in [0.29, 0.717) is 12.2 Å². The molecule has 9 heteroatoms. The predicted molar refractivity (Wildman–Crippen MR) is 142 cm³/mol. The van der Waals surface area contributed by atoms with Crippen LogP contribution in [0.2, 0.25) is 64.5 Å². The molecule has 2 unspecified atom stereocenters. The molecule has 0 aliphatic rings. The number of carbonyl (C=O) groups is 1. The van der Waals surface area contributed by atoms with Crippen LogP contribution in [0.3, 0.4) is 0 Å². The zero-order chi connectivity index (χ0) is 24.3. The highest BCUT2D eigenvalue weighted by Gasteiger charge is 2.46. The Morgan fingerprint density at radius 2 is 1.16 bits per heavy atom. The molecule has 0 N–H and O–H groups in total. The van der Waals surface area contributed by atoms with Crippen molar-refractivity contribution in [3.63, 3.8) is 0 Å². The topological polar surface area (TPSA) is 54.0 Å². The van der Waals surface area contributed by atoms with E-state index in [1.165, 1.54) is 19.3 Å². The molecule has 0 aliphatic heterocycles. The SMILES string of the molecule is C=C(C)C(=O)OCCCC[Si](C)(O[Si](C)(C)C)O[Si](C)(CCCCCC)O[Si](C)(C)C. The number of hydrogen-bond acceptors (Lipinski definition) is 5. The fraction of sp³-hybridized carbons (Fsp3) is 0.864. The third-order valence-corrected chi connectivity index (χ3v) is 18.9. The van der Waals surface area contributed by atoms with Crippen molar-refractivity contribution in [2.75, 3.05) is 6.61 Å². The number of ether oxygens (including phenoxy) is 1. The van der Waals surface area contributed by atoms with Crippen molar-refractivity contribution >= 4 is 39.7 Å². The van der Waals surface area contributed by atoms with Crippen molar-refractivity contribution in [3.8, 4) is 0 Å². The van der Waals surface area contributed by atoms with E-state index in [1.807, 2.05) is 0 Å². The van der Waals surface area contributed by atoms with Gasteiger partial charge in [-0.2, -0.15) is 0 Å². The summed E-state index contributed by atoms with van der Waals surface area (Å²) in [5.74, 6) is -0.315. The summed E-state index contributed by atoms with van der Waals surface area (Å²) in [5, 5.41) is 0. The molecule has 5 nitrogen and oxygen atoms in total. The minimum absolute atomic E-state index is 0.315. The molecule has 0 heterocycles. The molecule has 0 aromatic heterocycles. The average molecular weight is 507 g/mol. The molecule has 0 saturated carbocycles. The van der Waals surface area contributed by atoms with Crippen LogP contribution in [0.5, 0.6) is 0 Å². The molecule has 0 aromatic rings. The lowest BCUT2D eigenvalue weighted by molar-refractivity contribution is -0.139. The van der Waals surface area contributed by atoms with Gasteiger partial charge in [0.05, 0.1) is 6.61 Å². The molecule has 0 rings (SSSR count). The fourth-order valence-electron chi connectivity index (χ4n) is 3.71. The highest BCUT2D eigenvalue weighted by molar-refractivity contribution is 6.89. The van der Waals surface area contributed by atoms with Gasteiger partial charge < -0.3 is 17.1 Å². The van der Waals surface area contributed by atoms with Crippen LogP contribution in [0.25, 0.3) is 0 Å². The van der Waals surface area contributed by atoms with Gasteiger partial charge in [-0.1, -0.05) is 39.2 Å². The van der Waals surface area contributed by atoms with Crippen molar-refractivity contribution in [2.45, 2.75) is 117 Å². The Kier molecular flexibility index (Phi) is 13.6. The monoisotopic (exact) mass is 506 g/mol. The van der Waals surface area contributed by atoms with Crippen molar-refractivity contribution in [1.29, 1.82) is 0 Å². The Hall–Kier alpha value is -0.0425. The first-order valence-electron chi connectivity index (χ1n) is 11.9. The lowest BCUT2D eigenvalue weighted by atomic mass is 10.2. The molecule has 0 fully saturated rings. The molecule has 0 amide bonds. The van der Waals surface area contributed by atoms with Gasteiger partial charge >= 0.3 is 23.1 Å². The van der Waals surface area contributed by atoms with Crippen molar-refractivity contribution in [1.82, 2.24) is 0 Å². The second-order valence-corrected chi connectivity index (χ2v) is 27.4. The lowest BCUT2D eigenvalue weighted by Crippen LogP contribution is -2.58. The van der Waals surface area contributed by atoms with Crippen molar-refractivity contribution in [2.24, 2.45) is 0 Å². The van der Waals surface area contributed by atoms with E-state index in [9.17, 15) is 4.79 Å². The average Bonchev–Trinajstić information content (AvgIpc) is 2.54. The summed E-state index contributed by atoms with van der Waals surface area (Å²) >= 11 is 0. The third kappa shape index (κ3) is 16.3. The quantitative estimate of drug-likeness (QED) is 0.0894. The maximum absolute atomic E-state index is 11.6. The summed E-state index contributed by atoms with van der Waals surface area (Å²) in [5.41, 5.74) is 0.443.